The normalized spacial score (nSPS) is 11.2. The second-order valence-corrected chi connectivity index (χ2v) is 8.45. The summed E-state index contributed by atoms with van der Waals surface area (Å²) in [5.74, 6) is 0.443. The van der Waals surface area contributed by atoms with Crippen LogP contribution in [-0.2, 0) is 19.1 Å². The van der Waals surface area contributed by atoms with Gasteiger partial charge in [-0.25, -0.2) is 4.79 Å². The average Bonchev–Trinajstić information content (AvgIpc) is 2.89. The zero-order valence-electron chi connectivity index (χ0n) is 20.2. The highest BCUT2D eigenvalue weighted by Crippen LogP contribution is 2.25. The van der Waals surface area contributed by atoms with Gasteiger partial charge in [0, 0.05) is 6.08 Å². The van der Waals surface area contributed by atoms with Gasteiger partial charge >= 0.3 is 11.9 Å². The Morgan fingerprint density at radius 3 is 1.77 bits per heavy atom. The van der Waals surface area contributed by atoms with Gasteiger partial charge in [-0.3, -0.25) is 4.79 Å². The summed E-state index contributed by atoms with van der Waals surface area (Å²) in [7, 11) is 0. The minimum absolute atomic E-state index is 0.125. The SMILES string of the molecule is CCC(C)(C)C(=O)OCOc1ccc(-c2ccc(OCOC(=O)/C=C/c3ccccc3)cc2)cc1. The average molecular weight is 475 g/mol. The highest BCUT2D eigenvalue weighted by molar-refractivity contribution is 5.87. The van der Waals surface area contributed by atoms with E-state index < -0.39 is 11.4 Å². The Morgan fingerprint density at radius 1 is 0.743 bits per heavy atom. The molecule has 6 heteroatoms. The minimum Gasteiger partial charge on any atom is -0.457 e. The summed E-state index contributed by atoms with van der Waals surface area (Å²) in [5, 5.41) is 0. The van der Waals surface area contributed by atoms with E-state index in [0.717, 1.165) is 16.7 Å². The van der Waals surface area contributed by atoms with Gasteiger partial charge in [0.2, 0.25) is 13.6 Å². The third-order valence-corrected chi connectivity index (χ3v) is 5.53. The van der Waals surface area contributed by atoms with Crippen LogP contribution >= 0.6 is 0 Å². The standard InChI is InChI=1S/C29H30O6/c1-4-29(2,3)28(31)35-21-33-26-17-13-24(14-18-26)23-11-15-25(16-12-23)32-20-34-27(30)19-10-22-8-6-5-7-9-22/h5-19H,4,20-21H2,1-3H3/b19-10+. The van der Waals surface area contributed by atoms with E-state index in [1.54, 1.807) is 6.08 Å². The molecule has 0 aliphatic heterocycles. The summed E-state index contributed by atoms with van der Waals surface area (Å²) < 4.78 is 21.3. The van der Waals surface area contributed by atoms with Crippen molar-refractivity contribution >= 4 is 18.0 Å². The molecule has 182 valence electrons. The molecular formula is C29H30O6. The van der Waals surface area contributed by atoms with Gasteiger partial charge < -0.3 is 18.9 Å². The molecule has 0 heterocycles. The lowest BCUT2D eigenvalue weighted by Gasteiger charge is -2.20. The van der Waals surface area contributed by atoms with Gasteiger partial charge in [0.05, 0.1) is 5.41 Å². The molecule has 3 aromatic carbocycles. The molecule has 3 aromatic rings. The fraction of sp³-hybridized carbons (Fsp3) is 0.241. The van der Waals surface area contributed by atoms with Crippen LogP contribution in [0.15, 0.2) is 84.9 Å². The summed E-state index contributed by atoms with van der Waals surface area (Å²) in [6.07, 6.45) is 3.75. The molecule has 0 spiro atoms. The lowest BCUT2D eigenvalue weighted by atomic mass is 9.91. The van der Waals surface area contributed by atoms with Crippen LogP contribution in [0, 0.1) is 5.41 Å². The zero-order chi connectivity index (χ0) is 25.1. The van der Waals surface area contributed by atoms with E-state index >= 15 is 0 Å². The van der Waals surface area contributed by atoms with E-state index in [9.17, 15) is 9.59 Å². The molecule has 0 radical (unpaired) electrons. The van der Waals surface area contributed by atoms with E-state index in [-0.39, 0.29) is 19.6 Å². The van der Waals surface area contributed by atoms with Crippen molar-refractivity contribution in [2.75, 3.05) is 13.6 Å². The molecule has 0 N–H and O–H groups in total. The summed E-state index contributed by atoms with van der Waals surface area (Å²) >= 11 is 0. The molecule has 35 heavy (non-hydrogen) atoms. The van der Waals surface area contributed by atoms with E-state index in [4.69, 9.17) is 18.9 Å². The molecule has 0 saturated carbocycles. The van der Waals surface area contributed by atoms with Crippen LogP contribution in [0.5, 0.6) is 11.5 Å². The van der Waals surface area contributed by atoms with Crippen molar-refractivity contribution in [1.29, 1.82) is 0 Å². The van der Waals surface area contributed by atoms with Gasteiger partial charge in [0.1, 0.15) is 11.5 Å². The summed E-state index contributed by atoms with van der Waals surface area (Å²) in [6, 6.07) is 24.4. The van der Waals surface area contributed by atoms with Gasteiger partial charge in [0.15, 0.2) is 0 Å². The molecular weight excluding hydrogens is 444 g/mol. The second kappa shape index (κ2) is 12.4. The molecule has 0 saturated heterocycles. The van der Waals surface area contributed by atoms with Gasteiger partial charge in [-0.05, 0) is 67.3 Å². The molecule has 0 aromatic heterocycles. The Hall–Kier alpha value is -4.06. The maximum atomic E-state index is 12.0. The number of benzene rings is 3. The highest BCUT2D eigenvalue weighted by Gasteiger charge is 2.27. The first-order valence-corrected chi connectivity index (χ1v) is 11.4. The summed E-state index contributed by atoms with van der Waals surface area (Å²) in [4.78, 5) is 23.8. The minimum atomic E-state index is -0.524. The van der Waals surface area contributed by atoms with Crippen molar-refractivity contribution < 1.29 is 28.5 Å². The smallest absolute Gasteiger partial charge is 0.333 e. The van der Waals surface area contributed by atoms with E-state index in [0.29, 0.717) is 17.9 Å². The van der Waals surface area contributed by atoms with Gasteiger partial charge in [-0.15, -0.1) is 0 Å². The lowest BCUT2D eigenvalue weighted by molar-refractivity contribution is -0.160. The van der Waals surface area contributed by atoms with Crippen LogP contribution in [0.25, 0.3) is 17.2 Å². The van der Waals surface area contributed by atoms with Crippen molar-refractivity contribution in [2.24, 2.45) is 5.41 Å². The second-order valence-electron chi connectivity index (χ2n) is 8.45. The number of ether oxygens (including phenoxy) is 4. The molecule has 6 nitrogen and oxygen atoms in total. The third-order valence-electron chi connectivity index (χ3n) is 5.53. The maximum absolute atomic E-state index is 12.0. The number of esters is 2. The molecule has 0 atom stereocenters. The lowest BCUT2D eigenvalue weighted by Crippen LogP contribution is -2.27. The fourth-order valence-electron chi connectivity index (χ4n) is 2.91. The quantitative estimate of drug-likeness (QED) is 0.186. The Morgan fingerprint density at radius 2 is 1.26 bits per heavy atom. The Kier molecular flexibility index (Phi) is 9.07. The molecule has 0 unspecified atom stereocenters. The van der Waals surface area contributed by atoms with Crippen molar-refractivity contribution in [1.82, 2.24) is 0 Å². The molecule has 0 aliphatic carbocycles. The molecule has 0 bridgehead atoms. The van der Waals surface area contributed by atoms with Gasteiger partial charge in [0.25, 0.3) is 0 Å². The van der Waals surface area contributed by atoms with E-state index in [2.05, 4.69) is 0 Å². The topological polar surface area (TPSA) is 71.1 Å². The fourth-order valence-corrected chi connectivity index (χ4v) is 2.91. The number of hydrogen-bond donors (Lipinski definition) is 0. The number of carbonyl (C=O) groups is 2. The van der Waals surface area contributed by atoms with Crippen molar-refractivity contribution in [2.45, 2.75) is 27.2 Å². The first kappa shape index (κ1) is 25.6. The monoisotopic (exact) mass is 474 g/mol. The van der Waals surface area contributed by atoms with Crippen molar-refractivity contribution in [3.05, 3.63) is 90.5 Å². The number of carbonyl (C=O) groups excluding carboxylic acids is 2. The van der Waals surface area contributed by atoms with Crippen LogP contribution in [0.1, 0.15) is 32.8 Å². The number of hydrogen-bond acceptors (Lipinski definition) is 6. The van der Waals surface area contributed by atoms with Crippen molar-refractivity contribution in [3.63, 3.8) is 0 Å². The first-order chi connectivity index (χ1) is 16.9. The Balaban J connectivity index is 1.43. The Labute approximate surface area is 206 Å². The number of rotatable bonds is 11. The largest absolute Gasteiger partial charge is 0.457 e. The van der Waals surface area contributed by atoms with Crippen LogP contribution < -0.4 is 9.47 Å². The summed E-state index contributed by atoms with van der Waals surface area (Å²) in [6.45, 7) is 5.33. The molecule has 0 aliphatic rings. The van der Waals surface area contributed by atoms with Crippen LogP contribution in [0.3, 0.4) is 0 Å². The zero-order valence-corrected chi connectivity index (χ0v) is 20.2. The third kappa shape index (κ3) is 8.03. The molecule has 0 fully saturated rings. The predicted molar refractivity (Wildman–Crippen MR) is 135 cm³/mol. The van der Waals surface area contributed by atoms with Crippen molar-refractivity contribution in [3.8, 4) is 22.6 Å². The van der Waals surface area contributed by atoms with Crippen LogP contribution in [0.4, 0.5) is 0 Å². The van der Waals surface area contributed by atoms with Crippen LogP contribution in [0.2, 0.25) is 0 Å². The summed E-state index contributed by atoms with van der Waals surface area (Å²) in [5.41, 5.74) is 2.37. The van der Waals surface area contributed by atoms with E-state index in [1.165, 1.54) is 6.08 Å². The van der Waals surface area contributed by atoms with E-state index in [1.807, 2.05) is 99.6 Å². The van der Waals surface area contributed by atoms with Crippen LogP contribution in [-0.4, -0.2) is 25.5 Å². The Bertz CT molecular complexity index is 1120. The predicted octanol–water partition coefficient (Wildman–Crippen LogP) is 6.26. The molecule has 0 amide bonds. The first-order valence-electron chi connectivity index (χ1n) is 11.4. The van der Waals surface area contributed by atoms with Gasteiger partial charge in [-0.2, -0.15) is 0 Å². The maximum Gasteiger partial charge on any atom is 0.333 e. The molecule has 3 rings (SSSR count). The van der Waals surface area contributed by atoms with Gasteiger partial charge in [-0.1, -0.05) is 61.5 Å². The highest BCUT2D eigenvalue weighted by atomic mass is 16.7.